The van der Waals surface area contributed by atoms with Crippen LogP contribution in [-0.2, 0) is 6.54 Å². The number of aromatic carboxylic acids is 1. The Hall–Kier alpha value is -2.08. The third-order valence-corrected chi connectivity index (χ3v) is 4.78. The fourth-order valence-corrected chi connectivity index (χ4v) is 3.13. The van der Waals surface area contributed by atoms with E-state index in [1.807, 2.05) is 12.1 Å². The van der Waals surface area contributed by atoms with E-state index in [2.05, 4.69) is 14.9 Å². The molecule has 0 amide bonds. The Morgan fingerprint density at radius 2 is 2.14 bits per heavy atom. The van der Waals surface area contributed by atoms with Gasteiger partial charge in [0.2, 0.25) is 0 Å². The highest BCUT2D eigenvalue weighted by Crippen LogP contribution is 2.53. The zero-order valence-electron chi connectivity index (χ0n) is 11.9. The number of nitrogens with zero attached hydrogens (tertiary/aromatic N) is 4. The first-order chi connectivity index (χ1) is 10.5. The first-order valence-corrected chi connectivity index (χ1v) is 7.58. The van der Waals surface area contributed by atoms with Gasteiger partial charge in [-0.25, -0.2) is 14.8 Å². The number of hydrogen-bond donors (Lipinski definition) is 1. The molecule has 1 aliphatic heterocycles. The molecule has 1 aliphatic carbocycles. The van der Waals surface area contributed by atoms with Gasteiger partial charge in [-0.2, -0.15) is 0 Å². The Morgan fingerprint density at radius 1 is 1.36 bits per heavy atom. The third-order valence-electron chi connectivity index (χ3n) is 4.45. The molecular formula is C15H15ClN4O2. The number of carboxylic acid groups (broad SMARTS) is 1. The summed E-state index contributed by atoms with van der Waals surface area (Å²) in [6.45, 7) is 2.62. The number of rotatable bonds is 4. The van der Waals surface area contributed by atoms with E-state index in [0.29, 0.717) is 17.1 Å². The molecule has 114 valence electrons. The van der Waals surface area contributed by atoms with Gasteiger partial charge in [0, 0.05) is 30.3 Å². The van der Waals surface area contributed by atoms with Gasteiger partial charge in [-0.05, 0) is 18.9 Å². The zero-order chi connectivity index (χ0) is 15.3. The van der Waals surface area contributed by atoms with Gasteiger partial charge in [-0.1, -0.05) is 17.7 Å². The summed E-state index contributed by atoms with van der Waals surface area (Å²) in [5, 5.41) is 9.34. The maximum Gasteiger partial charge on any atom is 0.356 e. The van der Waals surface area contributed by atoms with Crippen molar-refractivity contribution in [3.63, 3.8) is 0 Å². The summed E-state index contributed by atoms with van der Waals surface area (Å²) in [5.74, 6) is -0.117. The summed E-state index contributed by atoms with van der Waals surface area (Å²) >= 11 is 6.27. The molecule has 1 saturated heterocycles. The van der Waals surface area contributed by atoms with Gasteiger partial charge in [-0.3, -0.25) is 0 Å². The summed E-state index contributed by atoms with van der Waals surface area (Å²) in [6.07, 6.45) is 5.64. The van der Waals surface area contributed by atoms with Gasteiger partial charge in [-0.15, -0.1) is 0 Å². The molecule has 0 atom stereocenters. The molecule has 7 heteroatoms. The van der Waals surface area contributed by atoms with E-state index in [9.17, 15) is 4.79 Å². The van der Waals surface area contributed by atoms with Crippen LogP contribution in [0.1, 0.15) is 28.9 Å². The number of aromatic nitrogens is 3. The number of hydrogen-bond acceptors (Lipinski definition) is 4. The minimum Gasteiger partial charge on any atom is -0.476 e. The number of anilines is 1. The van der Waals surface area contributed by atoms with Crippen molar-refractivity contribution in [2.24, 2.45) is 5.41 Å². The lowest BCUT2D eigenvalue weighted by molar-refractivity contribution is 0.0691. The molecule has 6 nitrogen and oxygen atoms in total. The van der Waals surface area contributed by atoms with Crippen molar-refractivity contribution in [1.29, 1.82) is 0 Å². The maximum atomic E-state index is 10.8. The van der Waals surface area contributed by atoms with Crippen molar-refractivity contribution in [3.05, 3.63) is 41.1 Å². The van der Waals surface area contributed by atoms with E-state index in [0.717, 1.165) is 24.5 Å². The van der Waals surface area contributed by atoms with Crippen molar-refractivity contribution in [2.75, 3.05) is 18.0 Å². The molecule has 3 heterocycles. The number of carboxylic acids is 1. The fraction of sp³-hybridized carbons (Fsp3) is 0.400. The molecule has 0 unspecified atom stereocenters. The largest absolute Gasteiger partial charge is 0.476 e. The minimum absolute atomic E-state index is 0.0241. The first-order valence-electron chi connectivity index (χ1n) is 7.20. The minimum atomic E-state index is -1.04. The summed E-state index contributed by atoms with van der Waals surface area (Å²) in [4.78, 5) is 21.4. The van der Waals surface area contributed by atoms with Gasteiger partial charge >= 0.3 is 5.97 Å². The Morgan fingerprint density at radius 3 is 2.73 bits per heavy atom. The van der Waals surface area contributed by atoms with Crippen LogP contribution in [0.5, 0.6) is 0 Å². The molecule has 22 heavy (non-hydrogen) atoms. The summed E-state index contributed by atoms with van der Waals surface area (Å²) in [5.41, 5.74) is 1.45. The smallest absolute Gasteiger partial charge is 0.356 e. The molecule has 2 aliphatic rings. The standard InChI is InChI=1S/C15H15ClN4O2/c16-13-10(5-19-6-11(14(21)22)17-9-19)1-2-12(18-13)20-7-15(8-20)3-4-15/h1-2,6,9H,3-5,7-8H2,(H,21,22). The molecule has 1 saturated carbocycles. The number of pyridine rings is 1. The number of halogens is 1. The number of carbonyl (C=O) groups is 1. The SMILES string of the molecule is O=C(O)c1cn(Cc2ccc(N3CC4(CC4)C3)nc2Cl)cn1. The molecule has 4 rings (SSSR count). The highest BCUT2D eigenvalue weighted by atomic mass is 35.5. The van der Waals surface area contributed by atoms with Crippen LogP contribution in [0.4, 0.5) is 5.82 Å². The van der Waals surface area contributed by atoms with Crippen LogP contribution in [0.3, 0.4) is 0 Å². The lowest BCUT2D eigenvalue weighted by Crippen LogP contribution is -2.48. The lowest BCUT2D eigenvalue weighted by atomic mass is 9.97. The molecule has 1 N–H and O–H groups in total. The molecule has 0 bridgehead atoms. The van der Waals surface area contributed by atoms with Crippen molar-refractivity contribution in [2.45, 2.75) is 19.4 Å². The zero-order valence-corrected chi connectivity index (χ0v) is 12.6. The summed E-state index contributed by atoms with van der Waals surface area (Å²) in [6, 6.07) is 3.93. The maximum absolute atomic E-state index is 10.8. The highest BCUT2D eigenvalue weighted by Gasteiger charge is 2.52. The lowest BCUT2D eigenvalue weighted by Gasteiger charge is -2.41. The topological polar surface area (TPSA) is 71.2 Å². The summed E-state index contributed by atoms with van der Waals surface area (Å²) in [7, 11) is 0. The molecule has 2 aromatic heterocycles. The second-order valence-corrected chi connectivity index (χ2v) is 6.57. The Labute approximate surface area is 132 Å². The van der Waals surface area contributed by atoms with Crippen LogP contribution < -0.4 is 4.90 Å². The van der Waals surface area contributed by atoms with Crippen molar-refractivity contribution < 1.29 is 9.90 Å². The third kappa shape index (κ3) is 2.33. The van der Waals surface area contributed by atoms with Crippen LogP contribution in [0.2, 0.25) is 5.15 Å². The Kier molecular flexibility index (Phi) is 2.91. The van der Waals surface area contributed by atoms with Gasteiger partial charge < -0.3 is 14.6 Å². The Balaban J connectivity index is 1.48. The molecule has 2 aromatic rings. The van der Waals surface area contributed by atoms with Crippen molar-refractivity contribution >= 4 is 23.4 Å². The molecule has 0 radical (unpaired) electrons. The predicted molar refractivity (Wildman–Crippen MR) is 81.4 cm³/mol. The second kappa shape index (κ2) is 4.71. The average Bonchev–Trinajstić information content (AvgIpc) is 3.11. The van der Waals surface area contributed by atoms with Crippen LogP contribution in [-0.4, -0.2) is 38.7 Å². The first kappa shape index (κ1) is 13.6. The molecular weight excluding hydrogens is 304 g/mol. The molecule has 2 fully saturated rings. The van der Waals surface area contributed by atoms with E-state index in [1.165, 1.54) is 25.4 Å². The van der Waals surface area contributed by atoms with Crippen LogP contribution in [0.15, 0.2) is 24.7 Å². The second-order valence-electron chi connectivity index (χ2n) is 6.21. The fourth-order valence-electron chi connectivity index (χ4n) is 2.92. The predicted octanol–water partition coefficient (Wildman–Crippen LogP) is 2.28. The number of imidazole rings is 1. The van der Waals surface area contributed by atoms with E-state index in [1.54, 1.807) is 4.57 Å². The van der Waals surface area contributed by atoms with Gasteiger partial charge in [0.05, 0.1) is 12.9 Å². The highest BCUT2D eigenvalue weighted by molar-refractivity contribution is 6.30. The quantitative estimate of drug-likeness (QED) is 0.876. The summed E-state index contributed by atoms with van der Waals surface area (Å²) < 4.78 is 1.69. The van der Waals surface area contributed by atoms with E-state index < -0.39 is 5.97 Å². The van der Waals surface area contributed by atoms with Crippen molar-refractivity contribution in [3.8, 4) is 0 Å². The van der Waals surface area contributed by atoms with E-state index >= 15 is 0 Å². The normalized spacial score (nSPS) is 18.3. The van der Waals surface area contributed by atoms with Crippen LogP contribution >= 0.6 is 11.6 Å². The average molecular weight is 319 g/mol. The molecule has 1 spiro atoms. The van der Waals surface area contributed by atoms with E-state index in [-0.39, 0.29) is 5.69 Å². The van der Waals surface area contributed by atoms with Gasteiger partial charge in [0.1, 0.15) is 11.0 Å². The monoisotopic (exact) mass is 318 g/mol. The Bertz CT molecular complexity index is 746. The van der Waals surface area contributed by atoms with Crippen LogP contribution in [0, 0.1) is 5.41 Å². The van der Waals surface area contributed by atoms with Gasteiger partial charge in [0.15, 0.2) is 5.69 Å². The van der Waals surface area contributed by atoms with Gasteiger partial charge in [0.25, 0.3) is 0 Å². The molecule has 0 aromatic carbocycles. The van der Waals surface area contributed by atoms with Crippen molar-refractivity contribution in [1.82, 2.24) is 14.5 Å². The van der Waals surface area contributed by atoms with Crippen LogP contribution in [0.25, 0.3) is 0 Å². The van der Waals surface area contributed by atoms with E-state index in [4.69, 9.17) is 16.7 Å².